The molecule has 0 amide bonds. The summed E-state index contributed by atoms with van der Waals surface area (Å²) in [6.45, 7) is -0.951. The molecule has 98 valence electrons. The first kappa shape index (κ1) is 14.6. The Labute approximate surface area is 103 Å². The zero-order chi connectivity index (χ0) is 13.4. The fourth-order valence-electron chi connectivity index (χ4n) is 1.22. The van der Waals surface area contributed by atoms with Crippen molar-refractivity contribution >= 4 is 0 Å². The first-order chi connectivity index (χ1) is 8.63. The van der Waals surface area contributed by atoms with E-state index in [0.717, 1.165) is 0 Å². The number of benzene rings is 1. The van der Waals surface area contributed by atoms with Crippen molar-refractivity contribution in [2.75, 3.05) is 13.2 Å². The fourth-order valence-corrected chi connectivity index (χ4v) is 1.22. The maximum absolute atomic E-state index is 13.5. The van der Waals surface area contributed by atoms with Gasteiger partial charge in [-0.1, -0.05) is 17.9 Å². The standard InChI is InChI=1S/C13H13F3O2/c14-12-7-10(3-1-2-6-17)4-5-11(12)8-18-9-13(15)16/h4-5,7,13,17H,2,6,8-9H2. The van der Waals surface area contributed by atoms with Crippen molar-refractivity contribution in [2.45, 2.75) is 19.5 Å². The highest BCUT2D eigenvalue weighted by molar-refractivity contribution is 5.36. The second-order valence-corrected chi connectivity index (χ2v) is 3.49. The summed E-state index contributed by atoms with van der Waals surface area (Å²) in [6, 6.07) is 4.24. The van der Waals surface area contributed by atoms with E-state index >= 15 is 0 Å². The lowest BCUT2D eigenvalue weighted by Crippen LogP contribution is -2.05. The zero-order valence-electron chi connectivity index (χ0n) is 9.63. The number of hydrogen-bond donors (Lipinski definition) is 1. The third-order valence-corrected chi connectivity index (χ3v) is 2.02. The Bertz CT molecular complexity index is 436. The monoisotopic (exact) mass is 258 g/mol. The molecule has 0 atom stereocenters. The minimum Gasteiger partial charge on any atom is -0.395 e. The SMILES string of the molecule is OCCC#Cc1ccc(COCC(F)F)c(F)c1. The van der Waals surface area contributed by atoms with E-state index in [1.54, 1.807) is 6.07 Å². The van der Waals surface area contributed by atoms with Gasteiger partial charge >= 0.3 is 0 Å². The van der Waals surface area contributed by atoms with Crippen LogP contribution in [0.5, 0.6) is 0 Å². The first-order valence-corrected chi connectivity index (χ1v) is 5.37. The summed E-state index contributed by atoms with van der Waals surface area (Å²) in [5.74, 6) is 4.79. The number of rotatable bonds is 5. The molecule has 0 aliphatic heterocycles. The van der Waals surface area contributed by atoms with Crippen LogP contribution < -0.4 is 0 Å². The van der Waals surface area contributed by atoms with Crippen LogP contribution in [0.4, 0.5) is 13.2 Å². The van der Waals surface area contributed by atoms with Crippen molar-refractivity contribution in [3.63, 3.8) is 0 Å². The van der Waals surface area contributed by atoms with E-state index in [2.05, 4.69) is 16.6 Å². The Morgan fingerprint density at radius 1 is 1.33 bits per heavy atom. The molecule has 18 heavy (non-hydrogen) atoms. The Balaban J connectivity index is 2.60. The predicted molar refractivity (Wildman–Crippen MR) is 60.6 cm³/mol. The van der Waals surface area contributed by atoms with Crippen molar-refractivity contribution < 1.29 is 23.0 Å². The molecule has 0 radical (unpaired) electrons. The van der Waals surface area contributed by atoms with E-state index in [0.29, 0.717) is 12.0 Å². The molecule has 5 heteroatoms. The average Bonchev–Trinajstić information content (AvgIpc) is 2.32. The lowest BCUT2D eigenvalue weighted by Gasteiger charge is -2.05. The van der Waals surface area contributed by atoms with Gasteiger partial charge in [-0.25, -0.2) is 13.2 Å². The maximum Gasteiger partial charge on any atom is 0.261 e. The van der Waals surface area contributed by atoms with Crippen LogP contribution in [0.25, 0.3) is 0 Å². The molecule has 1 N–H and O–H groups in total. The summed E-state index contributed by atoms with van der Waals surface area (Å²) in [5.41, 5.74) is 0.682. The quantitative estimate of drug-likeness (QED) is 0.821. The van der Waals surface area contributed by atoms with Gasteiger partial charge in [0.1, 0.15) is 12.4 Å². The summed E-state index contributed by atoms with van der Waals surface area (Å²) >= 11 is 0. The van der Waals surface area contributed by atoms with Crippen LogP contribution in [0.15, 0.2) is 18.2 Å². The smallest absolute Gasteiger partial charge is 0.261 e. The number of alkyl halides is 2. The van der Waals surface area contributed by atoms with Crippen molar-refractivity contribution in [1.82, 2.24) is 0 Å². The molecule has 0 aromatic heterocycles. The van der Waals surface area contributed by atoms with Gasteiger partial charge in [0.25, 0.3) is 6.43 Å². The largest absolute Gasteiger partial charge is 0.395 e. The van der Waals surface area contributed by atoms with Crippen LogP contribution in [0.3, 0.4) is 0 Å². The molecule has 0 aliphatic carbocycles. The summed E-state index contributed by atoms with van der Waals surface area (Å²) < 4.78 is 41.8. The summed E-state index contributed by atoms with van der Waals surface area (Å²) in [5, 5.41) is 8.53. The molecule has 0 saturated heterocycles. The molecule has 1 rings (SSSR count). The molecule has 0 aliphatic rings. The molecule has 2 nitrogen and oxygen atoms in total. The van der Waals surface area contributed by atoms with Crippen molar-refractivity contribution in [3.8, 4) is 11.8 Å². The normalized spacial score (nSPS) is 10.3. The van der Waals surface area contributed by atoms with Crippen LogP contribution >= 0.6 is 0 Å². The van der Waals surface area contributed by atoms with Crippen molar-refractivity contribution in [3.05, 3.63) is 35.1 Å². The maximum atomic E-state index is 13.5. The van der Waals surface area contributed by atoms with Gasteiger partial charge in [-0.05, 0) is 12.1 Å². The van der Waals surface area contributed by atoms with E-state index in [1.165, 1.54) is 12.1 Å². The molecule has 0 spiro atoms. The Hall–Kier alpha value is -1.51. The molecule has 1 aromatic rings. The number of aliphatic hydroxyl groups excluding tert-OH is 1. The number of hydrogen-bond acceptors (Lipinski definition) is 2. The van der Waals surface area contributed by atoms with Crippen molar-refractivity contribution in [2.24, 2.45) is 0 Å². The third kappa shape index (κ3) is 5.21. The van der Waals surface area contributed by atoms with Crippen LogP contribution in [0.2, 0.25) is 0 Å². The van der Waals surface area contributed by atoms with Gasteiger partial charge < -0.3 is 9.84 Å². The molecular formula is C13H13F3O2. The van der Waals surface area contributed by atoms with Gasteiger partial charge in [-0.3, -0.25) is 0 Å². The Kier molecular flexibility index (Phi) is 6.26. The first-order valence-electron chi connectivity index (χ1n) is 5.37. The summed E-state index contributed by atoms with van der Waals surface area (Å²) in [7, 11) is 0. The highest BCUT2D eigenvalue weighted by atomic mass is 19.3. The summed E-state index contributed by atoms with van der Waals surface area (Å²) in [4.78, 5) is 0. The van der Waals surface area contributed by atoms with Gasteiger partial charge in [0.2, 0.25) is 0 Å². The van der Waals surface area contributed by atoms with Gasteiger partial charge in [-0.2, -0.15) is 0 Å². The van der Waals surface area contributed by atoms with Gasteiger partial charge in [0, 0.05) is 17.5 Å². The van der Waals surface area contributed by atoms with Gasteiger partial charge in [0.15, 0.2) is 0 Å². The van der Waals surface area contributed by atoms with E-state index in [9.17, 15) is 13.2 Å². The third-order valence-electron chi connectivity index (χ3n) is 2.02. The van der Waals surface area contributed by atoms with E-state index < -0.39 is 18.8 Å². The second-order valence-electron chi connectivity index (χ2n) is 3.49. The minimum atomic E-state index is -2.56. The van der Waals surface area contributed by atoms with Crippen LogP contribution in [-0.2, 0) is 11.3 Å². The number of halogens is 3. The molecule has 0 fully saturated rings. The average molecular weight is 258 g/mol. The molecule has 0 heterocycles. The van der Waals surface area contributed by atoms with Gasteiger partial charge in [-0.15, -0.1) is 0 Å². The Morgan fingerprint density at radius 3 is 2.72 bits per heavy atom. The number of ether oxygens (including phenoxy) is 1. The fraction of sp³-hybridized carbons (Fsp3) is 0.385. The van der Waals surface area contributed by atoms with E-state index in [4.69, 9.17) is 5.11 Å². The zero-order valence-corrected chi connectivity index (χ0v) is 9.63. The molecule has 0 saturated carbocycles. The molecular weight excluding hydrogens is 245 g/mol. The number of aliphatic hydroxyl groups is 1. The highest BCUT2D eigenvalue weighted by Gasteiger charge is 2.06. The molecule has 1 aromatic carbocycles. The van der Waals surface area contributed by atoms with Crippen LogP contribution in [-0.4, -0.2) is 24.7 Å². The minimum absolute atomic E-state index is 0.0466. The second kappa shape index (κ2) is 7.75. The molecule has 0 bridgehead atoms. The van der Waals surface area contributed by atoms with E-state index in [-0.39, 0.29) is 18.8 Å². The lowest BCUT2D eigenvalue weighted by atomic mass is 10.1. The lowest BCUT2D eigenvalue weighted by molar-refractivity contribution is 0.00901. The van der Waals surface area contributed by atoms with E-state index in [1.807, 2.05) is 0 Å². The van der Waals surface area contributed by atoms with Crippen molar-refractivity contribution in [1.29, 1.82) is 0 Å². The highest BCUT2D eigenvalue weighted by Crippen LogP contribution is 2.11. The van der Waals surface area contributed by atoms with Crippen LogP contribution in [0, 0.1) is 17.7 Å². The topological polar surface area (TPSA) is 29.5 Å². The Morgan fingerprint density at radius 2 is 2.11 bits per heavy atom. The van der Waals surface area contributed by atoms with Gasteiger partial charge in [0.05, 0.1) is 13.2 Å². The summed E-state index contributed by atoms with van der Waals surface area (Å²) in [6.07, 6.45) is -2.24. The predicted octanol–water partition coefficient (Wildman–Crippen LogP) is 2.34. The molecule has 0 unspecified atom stereocenters. The van der Waals surface area contributed by atoms with Crippen LogP contribution in [0.1, 0.15) is 17.5 Å².